The predicted molar refractivity (Wildman–Crippen MR) is 93.1 cm³/mol. The molecule has 0 spiro atoms. The van der Waals surface area contributed by atoms with E-state index in [-0.39, 0.29) is 52.7 Å². The number of hydrogen-bond donors (Lipinski definition) is 5. The van der Waals surface area contributed by atoms with Crippen LogP contribution in [0.2, 0.25) is 0 Å². The lowest BCUT2D eigenvalue weighted by Crippen LogP contribution is -2.20. The summed E-state index contributed by atoms with van der Waals surface area (Å²) in [5, 5.41) is 48.9. The van der Waals surface area contributed by atoms with Crippen molar-refractivity contribution in [2.75, 3.05) is 0 Å². The molecule has 27 heavy (non-hydrogen) atoms. The Morgan fingerprint density at radius 3 is 2.41 bits per heavy atom. The summed E-state index contributed by atoms with van der Waals surface area (Å²) < 4.78 is 4.96. The highest BCUT2D eigenvalue weighted by Crippen LogP contribution is 2.34. The summed E-state index contributed by atoms with van der Waals surface area (Å²) in [4.78, 5) is 24.3. The molecule has 0 saturated carbocycles. The Morgan fingerprint density at radius 1 is 1.04 bits per heavy atom. The van der Waals surface area contributed by atoms with Crippen molar-refractivity contribution < 1.29 is 34.7 Å². The second-order valence-corrected chi connectivity index (χ2v) is 6.13. The average Bonchev–Trinajstić information content (AvgIpc) is 2.52. The van der Waals surface area contributed by atoms with E-state index in [9.17, 15) is 35.1 Å². The number of carbonyl (C=O) groups is 1. The minimum absolute atomic E-state index is 0.0139. The monoisotopic (exact) mass is 372 g/mol. The molecular formula is C19H16O8. The number of rotatable bonds is 4. The van der Waals surface area contributed by atoms with Crippen LogP contribution in [0.15, 0.2) is 57.1 Å². The molecule has 1 aliphatic rings. The first kappa shape index (κ1) is 18.1. The lowest BCUT2D eigenvalue weighted by atomic mass is 9.86. The zero-order chi connectivity index (χ0) is 19.7. The number of carbonyl (C=O) groups excluding carboxylic acids is 1. The lowest BCUT2D eigenvalue weighted by Gasteiger charge is -2.19. The van der Waals surface area contributed by atoms with Gasteiger partial charge in [-0.3, -0.25) is 4.79 Å². The quantitative estimate of drug-likeness (QED) is 0.514. The zero-order valence-electron chi connectivity index (χ0n) is 13.9. The number of aliphatic hydroxyl groups excluding tert-OH is 2. The van der Waals surface area contributed by atoms with E-state index in [1.807, 2.05) is 0 Å². The van der Waals surface area contributed by atoms with Crippen LogP contribution in [-0.4, -0.2) is 31.3 Å². The molecule has 1 unspecified atom stereocenters. The highest BCUT2D eigenvalue weighted by Gasteiger charge is 2.30. The van der Waals surface area contributed by atoms with Gasteiger partial charge in [-0.05, 0) is 24.1 Å². The fourth-order valence-electron chi connectivity index (χ4n) is 2.97. The predicted octanol–water partition coefficient (Wildman–Crippen LogP) is 2.43. The number of Topliss-reactive ketones (excluding diaryl/α,β-unsaturated/α-hetero) is 1. The summed E-state index contributed by atoms with van der Waals surface area (Å²) in [6.45, 7) is 0. The summed E-state index contributed by atoms with van der Waals surface area (Å²) in [6, 6.07) is 4.24. The van der Waals surface area contributed by atoms with Gasteiger partial charge in [0.2, 0.25) is 0 Å². The molecule has 0 fully saturated rings. The second-order valence-electron chi connectivity index (χ2n) is 6.13. The Hall–Kier alpha value is -3.68. The van der Waals surface area contributed by atoms with Gasteiger partial charge in [-0.1, -0.05) is 0 Å². The normalized spacial score (nSPS) is 16.5. The number of aliphatic hydroxyl groups is 2. The van der Waals surface area contributed by atoms with Crippen LogP contribution in [-0.2, 0) is 6.42 Å². The first-order chi connectivity index (χ1) is 12.7. The zero-order valence-corrected chi connectivity index (χ0v) is 13.9. The van der Waals surface area contributed by atoms with E-state index in [4.69, 9.17) is 4.42 Å². The van der Waals surface area contributed by atoms with Gasteiger partial charge in [-0.25, -0.2) is 4.79 Å². The maximum absolute atomic E-state index is 12.9. The van der Waals surface area contributed by atoms with Crippen molar-refractivity contribution in [2.24, 2.45) is 5.92 Å². The van der Waals surface area contributed by atoms with Crippen molar-refractivity contribution in [3.63, 3.8) is 0 Å². The molecule has 1 aromatic carbocycles. The Balaban J connectivity index is 2.04. The number of phenolic OH excluding ortho intramolecular Hbond substituents is 2. The van der Waals surface area contributed by atoms with Gasteiger partial charge in [0, 0.05) is 24.6 Å². The van der Waals surface area contributed by atoms with Gasteiger partial charge in [-0.2, -0.15) is 0 Å². The average molecular weight is 372 g/mol. The first-order valence-electron chi connectivity index (χ1n) is 7.96. The van der Waals surface area contributed by atoms with Gasteiger partial charge >= 0.3 is 5.63 Å². The van der Waals surface area contributed by atoms with Crippen molar-refractivity contribution in [1.82, 2.24) is 0 Å². The van der Waals surface area contributed by atoms with Crippen molar-refractivity contribution in [3.8, 4) is 17.2 Å². The second kappa shape index (κ2) is 6.91. The Morgan fingerprint density at radius 2 is 1.74 bits per heavy atom. The molecule has 1 heterocycles. The number of hydrogen-bond acceptors (Lipinski definition) is 8. The van der Waals surface area contributed by atoms with Gasteiger partial charge in [0.1, 0.15) is 34.5 Å². The van der Waals surface area contributed by atoms with E-state index >= 15 is 0 Å². The van der Waals surface area contributed by atoms with Crippen LogP contribution >= 0.6 is 0 Å². The van der Waals surface area contributed by atoms with Crippen LogP contribution in [0.25, 0.3) is 0 Å². The number of ketones is 1. The Kier molecular flexibility index (Phi) is 4.64. The number of benzene rings is 1. The molecule has 1 aliphatic carbocycles. The largest absolute Gasteiger partial charge is 0.511 e. The minimum atomic E-state index is -1.02. The van der Waals surface area contributed by atoms with Gasteiger partial charge in [0.25, 0.3) is 0 Å². The molecule has 0 saturated heterocycles. The maximum Gasteiger partial charge on any atom is 0.339 e. The van der Waals surface area contributed by atoms with Crippen molar-refractivity contribution in [3.05, 3.63) is 75.2 Å². The first-order valence-corrected chi connectivity index (χ1v) is 7.96. The van der Waals surface area contributed by atoms with E-state index in [0.717, 1.165) is 18.2 Å². The van der Waals surface area contributed by atoms with E-state index in [0.29, 0.717) is 0 Å². The Bertz CT molecular complexity index is 1030. The highest BCUT2D eigenvalue weighted by atomic mass is 16.4. The molecule has 1 atom stereocenters. The van der Waals surface area contributed by atoms with Crippen LogP contribution in [0.5, 0.6) is 17.2 Å². The van der Waals surface area contributed by atoms with Crippen LogP contribution in [0, 0.1) is 5.92 Å². The maximum atomic E-state index is 12.9. The van der Waals surface area contributed by atoms with E-state index in [1.165, 1.54) is 18.2 Å². The molecule has 1 aromatic heterocycles. The smallest absolute Gasteiger partial charge is 0.339 e. The molecule has 0 bridgehead atoms. The molecule has 140 valence electrons. The summed E-state index contributed by atoms with van der Waals surface area (Å²) in [5.41, 5.74) is -0.827. The fraction of sp³-hybridized carbons (Fsp3) is 0.158. The van der Waals surface area contributed by atoms with E-state index in [2.05, 4.69) is 0 Å². The number of aromatic hydroxyl groups is 3. The van der Waals surface area contributed by atoms with Crippen molar-refractivity contribution in [1.29, 1.82) is 0 Å². The summed E-state index contributed by atoms with van der Waals surface area (Å²) in [7, 11) is 0. The van der Waals surface area contributed by atoms with Gasteiger partial charge in [-0.15, -0.1) is 0 Å². The van der Waals surface area contributed by atoms with Crippen molar-refractivity contribution in [2.45, 2.75) is 12.8 Å². The molecule has 2 aromatic rings. The molecule has 8 nitrogen and oxygen atoms in total. The number of phenols is 2. The molecule has 5 N–H and O–H groups in total. The molecule has 0 amide bonds. The van der Waals surface area contributed by atoms with E-state index < -0.39 is 23.1 Å². The summed E-state index contributed by atoms with van der Waals surface area (Å²) in [6.07, 6.45) is 2.24. The topological polar surface area (TPSA) is 148 Å². The SMILES string of the molecule is O=C(c1c(O)cc(O)cc1Cc1cc(O)cc(=O)o1)C1CC=C(O)C=C1O. The van der Waals surface area contributed by atoms with Crippen LogP contribution in [0.4, 0.5) is 0 Å². The van der Waals surface area contributed by atoms with Gasteiger partial charge in [0.15, 0.2) is 5.78 Å². The minimum Gasteiger partial charge on any atom is -0.511 e. The molecule has 0 radical (unpaired) electrons. The molecule has 3 rings (SSSR count). The van der Waals surface area contributed by atoms with Crippen LogP contribution < -0.4 is 5.63 Å². The number of allylic oxidation sites excluding steroid dienone is 3. The highest BCUT2D eigenvalue weighted by molar-refractivity contribution is 6.03. The van der Waals surface area contributed by atoms with Gasteiger partial charge < -0.3 is 29.9 Å². The summed E-state index contributed by atoms with van der Waals surface area (Å²) in [5.74, 6) is -3.33. The molecule has 0 aliphatic heterocycles. The van der Waals surface area contributed by atoms with Crippen LogP contribution in [0.3, 0.4) is 0 Å². The fourth-order valence-corrected chi connectivity index (χ4v) is 2.97. The van der Waals surface area contributed by atoms with Gasteiger partial charge in [0.05, 0.1) is 17.5 Å². The summed E-state index contributed by atoms with van der Waals surface area (Å²) >= 11 is 0. The Labute approximate surface area is 152 Å². The third-order valence-electron chi connectivity index (χ3n) is 4.13. The van der Waals surface area contributed by atoms with Crippen molar-refractivity contribution >= 4 is 5.78 Å². The third-order valence-corrected chi connectivity index (χ3v) is 4.13. The molecular weight excluding hydrogens is 356 g/mol. The van der Waals surface area contributed by atoms with Crippen LogP contribution in [0.1, 0.15) is 28.1 Å². The lowest BCUT2D eigenvalue weighted by molar-refractivity contribution is 0.0908. The standard InChI is InChI=1S/C19H16O8/c20-10-1-2-14(15(23)6-10)19(26)18-9(3-11(21)7-16(18)24)4-13-5-12(22)8-17(25)27-13/h1,3,5-8,14,20-24H,2,4H2. The van der Waals surface area contributed by atoms with E-state index in [1.54, 1.807) is 0 Å². The molecule has 8 heteroatoms. The third kappa shape index (κ3) is 3.79.